The highest BCUT2D eigenvalue weighted by atomic mass is 15.1. The van der Waals surface area contributed by atoms with Gasteiger partial charge in [0, 0.05) is 17.3 Å². The van der Waals surface area contributed by atoms with E-state index in [0.29, 0.717) is 0 Å². The summed E-state index contributed by atoms with van der Waals surface area (Å²) in [5, 5.41) is 29.2. The fourth-order valence-corrected chi connectivity index (χ4v) is 1.53. The Kier molecular flexibility index (Phi) is 3.17. The van der Waals surface area contributed by atoms with Crippen LogP contribution in [0.4, 0.5) is 5.69 Å². The number of hydrogen-bond acceptors (Lipinski definition) is 5. The molecule has 2 rings (SSSR count). The van der Waals surface area contributed by atoms with Gasteiger partial charge in [0.1, 0.15) is 17.7 Å². The molecule has 1 aromatic carbocycles. The number of aromatic nitrogens is 2. The van der Waals surface area contributed by atoms with Gasteiger partial charge in [0.05, 0.1) is 11.2 Å². The molecule has 18 heavy (non-hydrogen) atoms. The lowest BCUT2D eigenvalue weighted by Gasteiger charge is -2.05. The third-order valence-electron chi connectivity index (χ3n) is 2.36. The first-order valence-electron chi connectivity index (χ1n) is 5.24. The van der Waals surface area contributed by atoms with E-state index in [-0.39, 0.29) is 5.57 Å². The normalized spacial score (nSPS) is 9.28. The van der Waals surface area contributed by atoms with Crippen molar-refractivity contribution in [2.75, 3.05) is 5.32 Å². The molecule has 1 aromatic heterocycles. The molecule has 0 aliphatic rings. The van der Waals surface area contributed by atoms with Crippen LogP contribution < -0.4 is 5.32 Å². The average Bonchev–Trinajstić information content (AvgIpc) is 2.40. The molecule has 1 heterocycles. The number of nitriles is 2. The predicted molar refractivity (Wildman–Crippen MR) is 67.2 cm³/mol. The van der Waals surface area contributed by atoms with Gasteiger partial charge in [-0.2, -0.15) is 20.7 Å². The zero-order valence-electron chi connectivity index (χ0n) is 9.68. The highest BCUT2D eigenvalue weighted by molar-refractivity contribution is 5.91. The molecule has 2 aromatic rings. The lowest BCUT2D eigenvalue weighted by atomic mass is 10.2. The molecule has 5 heteroatoms. The van der Waals surface area contributed by atoms with E-state index in [2.05, 4.69) is 15.5 Å². The number of nitrogens with one attached hydrogen (secondary N) is 1. The van der Waals surface area contributed by atoms with Crippen LogP contribution in [-0.4, -0.2) is 10.2 Å². The summed E-state index contributed by atoms with van der Waals surface area (Å²) in [5.41, 5.74) is 2.37. The van der Waals surface area contributed by atoms with Crippen LogP contribution in [0.3, 0.4) is 0 Å². The van der Waals surface area contributed by atoms with Crippen LogP contribution in [0.2, 0.25) is 0 Å². The van der Waals surface area contributed by atoms with Crippen molar-refractivity contribution in [1.29, 1.82) is 10.5 Å². The van der Waals surface area contributed by atoms with Crippen molar-refractivity contribution in [3.63, 3.8) is 0 Å². The molecule has 0 aliphatic carbocycles. The third-order valence-corrected chi connectivity index (χ3v) is 2.36. The molecule has 0 unspecified atom stereocenters. The fraction of sp³-hybridized carbons (Fsp3) is 0.0769. The van der Waals surface area contributed by atoms with E-state index < -0.39 is 0 Å². The second-order valence-electron chi connectivity index (χ2n) is 3.65. The van der Waals surface area contributed by atoms with Gasteiger partial charge in [-0.3, -0.25) is 0 Å². The first-order valence-corrected chi connectivity index (χ1v) is 5.24. The van der Waals surface area contributed by atoms with Crippen LogP contribution in [0.1, 0.15) is 5.69 Å². The number of nitrogens with zero attached hydrogens (tertiary/aromatic N) is 4. The standard InChI is InChI=1S/C13H9N5/c1-9-5-11-12(16-8-10(6-14)7-15)3-2-4-13(11)18-17-9/h2-5,8,16H,1H3. The van der Waals surface area contributed by atoms with E-state index in [1.54, 1.807) is 12.1 Å². The SMILES string of the molecule is Cc1cc2c(NC=C(C#N)C#N)cccc2nn1. The van der Waals surface area contributed by atoms with Crippen molar-refractivity contribution in [3.8, 4) is 12.1 Å². The highest BCUT2D eigenvalue weighted by Gasteiger charge is 2.02. The molecule has 0 saturated carbocycles. The molecule has 0 bridgehead atoms. The molecule has 0 atom stereocenters. The summed E-state index contributed by atoms with van der Waals surface area (Å²) >= 11 is 0. The number of fused-ring (bicyclic) bond motifs is 1. The predicted octanol–water partition coefficient (Wildman–Crippen LogP) is 2.28. The average molecular weight is 235 g/mol. The van der Waals surface area contributed by atoms with Crippen LogP contribution in [0.5, 0.6) is 0 Å². The van der Waals surface area contributed by atoms with Crippen molar-refractivity contribution in [1.82, 2.24) is 10.2 Å². The largest absolute Gasteiger partial charge is 0.359 e. The number of benzene rings is 1. The van der Waals surface area contributed by atoms with Gasteiger partial charge in [-0.25, -0.2) is 0 Å². The van der Waals surface area contributed by atoms with E-state index in [1.807, 2.05) is 31.2 Å². The van der Waals surface area contributed by atoms with E-state index in [4.69, 9.17) is 10.5 Å². The van der Waals surface area contributed by atoms with Gasteiger partial charge in [-0.05, 0) is 25.1 Å². The zero-order chi connectivity index (χ0) is 13.0. The van der Waals surface area contributed by atoms with Crippen LogP contribution in [0, 0.1) is 29.6 Å². The number of allylic oxidation sites excluding steroid dienone is 1. The lowest BCUT2D eigenvalue weighted by molar-refractivity contribution is 1.02. The first kappa shape index (κ1) is 11.6. The maximum Gasteiger partial charge on any atom is 0.145 e. The smallest absolute Gasteiger partial charge is 0.145 e. The fourth-order valence-electron chi connectivity index (χ4n) is 1.53. The van der Waals surface area contributed by atoms with Gasteiger partial charge in [0.25, 0.3) is 0 Å². The molecular formula is C13H9N5. The van der Waals surface area contributed by atoms with Crippen molar-refractivity contribution in [2.24, 2.45) is 0 Å². The van der Waals surface area contributed by atoms with Gasteiger partial charge < -0.3 is 5.32 Å². The Morgan fingerprint density at radius 2 is 2.06 bits per heavy atom. The maximum absolute atomic E-state index is 8.66. The molecule has 86 valence electrons. The van der Waals surface area contributed by atoms with Crippen molar-refractivity contribution in [2.45, 2.75) is 6.92 Å². The minimum atomic E-state index is 0.0192. The van der Waals surface area contributed by atoms with Gasteiger partial charge in [-0.15, -0.1) is 0 Å². The Hall–Kier alpha value is -2.92. The highest BCUT2D eigenvalue weighted by Crippen LogP contribution is 2.21. The quantitative estimate of drug-likeness (QED) is 0.807. The third kappa shape index (κ3) is 2.26. The Morgan fingerprint density at radius 1 is 1.28 bits per heavy atom. The van der Waals surface area contributed by atoms with Crippen molar-refractivity contribution in [3.05, 3.63) is 41.7 Å². The summed E-state index contributed by atoms with van der Waals surface area (Å²) in [6, 6.07) is 11.0. The molecular weight excluding hydrogens is 226 g/mol. The molecule has 5 nitrogen and oxygen atoms in total. The number of aryl methyl sites for hydroxylation is 1. The van der Waals surface area contributed by atoms with E-state index in [1.165, 1.54) is 6.20 Å². The Balaban J connectivity index is 2.46. The van der Waals surface area contributed by atoms with Gasteiger partial charge in [0.2, 0.25) is 0 Å². The summed E-state index contributed by atoms with van der Waals surface area (Å²) in [4.78, 5) is 0. The number of rotatable bonds is 2. The monoisotopic (exact) mass is 235 g/mol. The molecule has 0 spiro atoms. The summed E-state index contributed by atoms with van der Waals surface area (Å²) in [5.74, 6) is 0. The summed E-state index contributed by atoms with van der Waals surface area (Å²) in [7, 11) is 0. The number of anilines is 1. The van der Waals surface area contributed by atoms with Crippen molar-refractivity contribution < 1.29 is 0 Å². The van der Waals surface area contributed by atoms with Gasteiger partial charge in [0.15, 0.2) is 0 Å². The van der Waals surface area contributed by atoms with Gasteiger partial charge >= 0.3 is 0 Å². The van der Waals surface area contributed by atoms with Crippen LogP contribution in [0.25, 0.3) is 10.9 Å². The van der Waals surface area contributed by atoms with Gasteiger partial charge in [-0.1, -0.05) is 6.07 Å². The van der Waals surface area contributed by atoms with Crippen LogP contribution >= 0.6 is 0 Å². The lowest BCUT2D eigenvalue weighted by Crippen LogP contribution is -1.94. The van der Waals surface area contributed by atoms with Crippen LogP contribution in [-0.2, 0) is 0 Å². The second kappa shape index (κ2) is 4.94. The minimum Gasteiger partial charge on any atom is -0.359 e. The molecule has 1 N–H and O–H groups in total. The minimum absolute atomic E-state index is 0.0192. The summed E-state index contributed by atoms with van der Waals surface area (Å²) in [6.45, 7) is 1.86. The Morgan fingerprint density at radius 3 is 2.78 bits per heavy atom. The molecule has 0 aliphatic heterocycles. The van der Waals surface area contributed by atoms with Crippen LogP contribution in [0.15, 0.2) is 36.0 Å². The Labute approximate surface area is 104 Å². The molecule has 0 radical (unpaired) electrons. The van der Waals surface area contributed by atoms with Crippen molar-refractivity contribution >= 4 is 16.6 Å². The molecule has 0 amide bonds. The summed E-state index contributed by atoms with van der Waals surface area (Å²) < 4.78 is 0. The first-order chi connectivity index (χ1) is 8.74. The topological polar surface area (TPSA) is 85.4 Å². The zero-order valence-corrected chi connectivity index (χ0v) is 9.68. The molecule has 0 fully saturated rings. The summed E-state index contributed by atoms with van der Waals surface area (Å²) in [6.07, 6.45) is 1.38. The van der Waals surface area contributed by atoms with E-state index in [9.17, 15) is 0 Å². The number of hydrogen-bond donors (Lipinski definition) is 1. The van der Waals surface area contributed by atoms with E-state index >= 15 is 0 Å². The second-order valence-corrected chi connectivity index (χ2v) is 3.65. The molecule has 0 saturated heterocycles. The van der Waals surface area contributed by atoms with E-state index in [0.717, 1.165) is 22.3 Å². The Bertz CT molecular complexity index is 687. The maximum atomic E-state index is 8.66.